The average Bonchev–Trinajstić information content (AvgIpc) is 3.05. The number of hydrogen-bond acceptors (Lipinski definition) is 3. The highest BCUT2D eigenvalue weighted by molar-refractivity contribution is 6.42. The van der Waals surface area contributed by atoms with Crippen molar-refractivity contribution in [3.05, 3.63) is 108 Å². The number of amides is 1. The molecule has 0 saturated carbocycles. The molecule has 32 heavy (non-hydrogen) atoms. The van der Waals surface area contributed by atoms with Crippen LogP contribution in [0.5, 0.6) is 0 Å². The summed E-state index contributed by atoms with van der Waals surface area (Å²) in [4.78, 5) is 28.4. The summed E-state index contributed by atoms with van der Waals surface area (Å²) in [6.07, 6.45) is 0. The second-order valence-corrected chi connectivity index (χ2v) is 8.72. The molecule has 0 fully saturated rings. The molecule has 1 aliphatic rings. The van der Waals surface area contributed by atoms with E-state index in [9.17, 15) is 14.0 Å². The first-order chi connectivity index (χ1) is 15.3. The number of carbonyl (C=O) groups excluding carboxylic acids is 1. The quantitative estimate of drug-likeness (QED) is 0.307. The number of nitrogens with zero attached hydrogens (tertiary/aromatic N) is 1. The number of aryl methyl sites for hydroxylation is 1. The van der Waals surface area contributed by atoms with E-state index in [0.29, 0.717) is 21.3 Å². The highest BCUT2D eigenvalue weighted by Gasteiger charge is 2.44. The summed E-state index contributed by atoms with van der Waals surface area (Å²) in [5, 5.41) is 1.11. The van der Waals surface area contributed by atoms with E-state index in [1.807, 2.05) is 6.92 Å². The van der Waals surface area contributed by atoms with E-state index in [4.69, 9.17) is 39.2 Å². The summed E-state index contributed by atoms with van der Waals surface area (Å²) in [5.74, 6) is -1.21. The molecule has 160 valence electrons. The van der Waals surface area contributed by atoms with Crippen LogP contribution in [0.15, 0.2) is 63.8 Å². The highest BCUT2D eigenvalue weighted by Crippen LogP contribution is 2.43. The third-order valence-corrected chi connectivity index (χ3v) is 6.67. The van der Waals surface area contributed by atoms with Crippen LogP contribution in [-0.2, 0) is 0 Å². The zero-order valence-corrected chi connectivity index (χ0v) is 18.7. The molecule has 1 atom stereocenters. The lowest BCUT2D eigenvalue weighted by Gasteiger charge is -2.26. The van der Waals surface area contributed by atoms with Crippen molar-refractivity contribution in [2.75, 3.05) is 4.90 Å². The molecule has 3 aromatic carbocycles. The monoisotopic (exact) mass is 487 g/mol. The molecule has 5 rings (SSSR count). The van der Waals surface area contributed by atoms with E-state index < -0.39 is 23.2 Å². The number of carbonyl (C=O) groups is 1. The van der Waals surface area contributed by atoms with Gasteiger partial charge in [-0.05, 0) is 60.5 Å². The van der Waals surface area contributed by atoms with Crippen LogP contribution in [-0.4, -0.2) is 5.91 Å². The van der Waals surface area contributed by atoms with Crippen LogP contribution in [0.1, 0.15) is 33.3 Å². The lowest BCUT2D eigenvalue weighted by atomic mass is 9.98. The van der Waals surface area contributed by atoms with Crippen molar-refractivity contribution >= 4 is 57.4 Å². The SMILES string of the molecule is Cc1ccc(N2C(=O)c3oc4ccc(F)cc4c(=O)c3C2c2ccc(Cl)c(Cl)c2)cc1Cl. The van der Waals surface area contributed by atoms with Gasteiger partial charge in [-0.3, -0.25) is 14.5 Å². The number of halogens is 4. The fourth-order valence-electron chi connectivity index (χ4n) is 3.94. The minimum atomic E-state index is -0.866. The van der Waals surface area contributed by atoms with Gasteiger partial charge in [0.25, 0.3) is 5.91 Å². The first kappa shape index (κ1) is 21.0. The third-order valence-electron chi connectivity index (χ3n) is 5.53. The molecule has 0 spiro atoms. The molecule has 1 amide bonds. The predicted octanol–water partition coefficient (Wildman–Crippen LogP) is 6.95. The molecular weight excluding hydrogens is 476 g/mol. The fraction of sp³-hybridized carbons (Fsp3) is 0.0833. The number of rotatable bonds is 2. The number of hydrogen-bond donors (Lipinski definition) is 0. The van der Waals surface area contributed by atoms with Crippen molar-refractivity contribution in [1.82, 2.24) is 0 Å². The lowest BCUT2D eigenvalue weighted by Crippen LogP contribution is -2.29. The van der Waals surface area contributed by atoms with Gasteiger partial charge >= 0.3 is 0 Å². The number of benzene rings is 3. The van der Waals surface area contributed by atoms with Crippen LogP contribution < -0.4 is 10.3 Å². The smallest absolute Gasteiger partial charge is 0.295 e. The van der Waals surface area contributed by atoms with E-state index >= 15 is 0 Å². The second kappa shape index (κ2) is 7.62. The molecule has 1 aromatic heterocycles. The van der Waals surface area contributed by atoms with Gasteiger partial charge in [0.15, 0.2) is 5.43 Å². The minimum absolute atomic E-state index is 0.0467. The summed E-state index contributed by atoms with van der Waals surface area (Å²) >= 11 is 18.6. The Morgan fingerprint density at radius 3 is 2.41 bits per heavy atom. The standard InChI is InChI=1S/C24H13Cl3FNO3/c1-11-2-5-14(10-17(11)26)29-21(12-3-6-16(25)18(27)8-12)20-22(30)15-9-13(28)4-7-19(15)32-23(20)24(29)31/h2-10,21H,1H3. The van der Waals surface area contributed by atoms with E-state index in [-0.39, 0.29) is 27.3 Å². The summed E-state index contributed by atoms with van der Waals surface area (Å²) in [5.41, 5.74) is 1.59. The largest absolute Gasteiger partial charge is 0.450 e. The molecule has 0 bridgehead atoms. The van der Waals surface area contributed by atoms with Gasteiger partial charge in [0.1, 0.15) is 11.4 Å². The van der Waals surface area contributed by atoms with E-state index in [1.54, 1.807) is 36.4 Å². The van der Waals surface area contributed by atoms with Crippen LogP contribution in [0.4, 0.5) is 10.1 Å². The van der Waals surface area contributed by atoms with Crippen LogP contribution in [0.2, 0.25) is 15.1 Å². The molecular formula is C24H13Cl3FNO3. The maximum absolute atomic E-state index is 13.9. The molecule has 4 aromatic rings. The summed E-state index contributed by atoms with van der Waals surface area (Å²) in [7, 11) is 0. The van der Waals surface area contributed by atoms with Gasteiger partial charge in [-0.25, -0.2) is 4.39 Å². The molecule has 0 N–H and O–H groups in total. The Balaban J connectivity index is 1.83. The van der Waals surface area contributed by atoms with Gasteiger partial charge in [0.2, 0.25) is 5.76 Å². The number of anilines is 1. The Hall–Kier alpha value is -2.86. The van der Waals surface area contributed by atoms with Crippen LogP contribution >= 0.6 is 34.8 Å². The second-order valence-electron chi connectivity index (χ2n) is 7.50. The Bertz CT molecular complexity index is 1500. The molecule has 0 radical (unpaired) electrons. The Morgan fingerprint density at radius 2 is 1.69 bits per heavy atom. The van der Waals surface area contributed by atoms with Gasteiger partial charge in [0, 0.05) is 10.7 Å². The normalized spacial score (nSPS) is 15.5. The van der Waals surface area contributed by atoms with Gasteiger partial charge in [-0.2, -0.15) is 0 Å². The molecule has 4 nitrogen and oxygen atoms in total. The van der Waals surface area contributed by atoms with Crippen molar-refractivity contribution in [2.45, 2.75) is 13.0 Å². The van der Waals surface area contributed by atoms with Gasteiger partial charge in [-0.1, -0.05) is 46.9 Å². The highest BCUT2D eigenvalue weighted by atomic mass is 35.5. The van der Waals surface area contributed by atoms with Gasteiger partial charge < -0.3 is 4.42 Å². The predicted molar refractivity (Wildman–Crippen MR) is 124 cm³/mol. The maximum atomic E-state index is 13.9. The summed E-state index contributed by atoms with van der Waals surface area (Å²) < 4.78 is 19.7. The lowest BCUT2D eigenvalue weighted by molar-refractivity contribution is 0.0971. The molecule has 1 aliphatic heterocycles. The third kappa shape index (κ3) is 3.20. The van der Waals surface area contributed by atoms with Crippen LogP contribution in [0.3, 0.4) is 0 Å². The van der Waals surface area contributed by atoms with Gasteiger partial charge in [0.05, 0.1) is 27.0 Å². The van der Waals surface area contributed by atoms with Crippen LogP contribution in [0.25, 0.3) is 11.0 Å². The summed E-state index contributed by atoms with van der Waals surface area (Å²) in [6.45, 7) is 1.84. The van der Waals surface area contributed by atoms with Gasteiger partial charge in [-0.15, -0.1) is 0 Å². The maximum Gasteiger partial charge on any atom is 0.295 e. The molecule has 1 unspecified atom stereocenters. The average molecular weight is 489 g/mol. The summed E-state index contributed by atoms with van der Waals surface area (Å²) in [6, 6.07) is 12.8. The topological polar surface area (TPSA) is 50.5 Å². The Labute approximate surface area is 196 Å². The Morgan fingerprint density at radius 1 is 0.906 bits per heavy atom. The molecule has 8 heteroatoms. The van der Waals surface area contributed by atoms with E-state index in [0.717, 1.165) is 11.6 Å². The van der Waals surface area contributed by atoms with Crippen molar-refractivity contribution < 1.29 is 13.6 Å². The van der Waals surface area contributed by atoms with Crippen molar-refractivity contribution in [3.63, 3.8) is 0 Å². The van der Waals surface area contributed by atoms with Crippen LogP contribution in [0, 0.1) is 12.7 Å². The minimum Gasteiger partial charge on any atom is -0.450 e. The van der Waals surface area contributed by atoms with E-state index in [1.165, 1.54) is 17.0 Å². The van der Waals surface area contributed by atoms with Crippen molar-refractivity contribution in [1.29, 1.82) is 0 Å². The first-order valence-electron chi connectivity index (χ1n) is 9.57. The first-order valence-corrected chi connectivity index (χ1v) is 10.7. The zero-order chi connectivity index (χ0) is 22.7. The number of fused-ring (bicyclic) bond motifs is 2. The Kier molecular flexibility index (Phi) is 5.01. The van der Waals surface area contributed by atoms with Crippen molar-refractivity contribution in [3.8, 4) is 0 Å². The van der Waals surface area contributed by atoms with E-state index in [2.05, 4.69) is 0 Å². The molecule has 0 saturated heterocycles. The molecule has 0 aliphatic carbocycles. The van der Waals surface area contributed by atoms with Crippen molar-refractivity contribution in [2.24, 2.45) is 0 Å². The molecule has 2 heterocycles. The fourth-order valence-corrected chi connectivity index (χ4v) is 4.42. The zero-order valence-electron chi connectivity index (χ0n) is 16.5.